The quantitative estimate of drug-likeness (QED) is 0.767. The molecular formula is C14H21NO3. The van der Waals surface area contributed by atoms with Crippen LogP contribution in [0.15, 0.2) is 18.2 Å². The van der Waals surface area contributed by atoms with Gasteiger partial charge in [-0.3, -0.25) is 4.79 Å². The maximum atomic E-state index is 11.8. The molecule has 0 saturated heterocycles. The lowest BCUT2D eigenvalue weighted by atomic mass is 9.89. The van der Waals surface area contributed by atoms with Crippen molar-refractivity contribution in [2.45, 2.75) is 33.8 Å². The van der Waals surface area contributed by atoms with E-state index in [1.807, 2.05) is 27.7 Å². The van der Waals surface area contributed by atoms with Gasteiger partial charge in [-0.2, -0.15) is 0 Å². The van der Waals surface area contributed by atoms with E-state index < -0.39 is 6.10 Å². The van der Waals surface area contributed by atoms with Crippen LogP contribution in [-0.2, 0) is 0 Å². The normalized spacial score (nSPS) is 13.2. The third kappa shape index (κ3) is 3.74. The van der Waals surface area contributed by atoms with Crippen molar-refractivity contribution in [3.8, 4) is 5.75 Å². The fraction of sp³-hybridized carbons (Fsp3) is 0.500. The van der Waals surface area contributed by atoms with E-state index in [0.717, 1.165) is 5.56 Å². The zero-order chi connectivity index (χ0) is 13.9. The van der Waals surface area contributed by atoms with Gasteiger partial charge in [0, 0.05) is 6.54 Å². The van der Waals surface area contributed by atoms with Crippen molar-refractivity contribution in [1.29, 1.82) is 0 Å². The molecule has 18 heavy (non-hydrogen) atoms. The highest BCUT2D eigenvalue weighted by atomic mass is 16.3. The van der Waals surface area contributed by atoms with Crippen LogP contribution < -0.4 is 5.32 Å². The molecule has 3 N–H and O–H groups in total. The van der Waals surface area contributed by atoms with Gasteiger partial charge in [-0.1, -0.05) is 26.8 Å². The van der Waals surface area contributed by atoms with Crippen LogP contribution in [0.4, 0.5) is 0 Å². The van der Waals surface area contributed by atoms with Crippen molar-refractivity contribution < 1.29 is 15.0 Å². The van der Waals surface area contributed by atoms with Crippen LogP contribution in [0.25, 0.3) is 0 Å². The van der Waals surface area contributed by atoms with Crippen LogP contribution in [0, 0.1) is 12.3 Å². The van der Waals surface area contributed by atoms with E-state index in [2.05, 4.69) is 5.32 Å². The van der Waals surface area contributed by atoms with Crippen LogP contribution in [0.2, 0.25) is 0 Å². The van der Waals surface area contributed by atoms with Crippen molar-refractivity contribution in [3.05, 3.63) is 29.3 Å². The smallest absolute Gasteiger partial charge is 0.255 e. The lowest BCUT2D eigenvalue weighted by Gasteiger charge is -2.25. The number of nitrogens with one attached hydrogen (secondary N) is 1. The maximum Gasteiger partial charge on any atom is 0.255 e. The number of phenols is 1. The minimum absolute atomic E-state index is 0.0438. The second kappa shape index (κ2) is 5.40. The molecule has 1 atom stereocenters. The Morgan fingerprint density at radius 1 is 1.39 bits per heavy atom. The number of rotatable bonds is 3. The van der Waals surface area contributed by atoms with E-state index in [9.17, 15) is 15.0 Å². The monoisotopic (exact) mass is 251 g/mol. The zero-order valence-corrected chi connectivity index (χ0v) is 11.3. The number of phenolic OH excluding ortho intramolecular Hbond substituents is 1. The molecule has 0 heterocycles. The fourth-order valence-electron chi connectivity index (χ4n) is 1.42. The molecule has 0 bridgehead atoms. The topological polar surface area (TPSA) is 69.6 Å². The lowest BCUT2D eigenvalue weighted by Crippen LogP contribution is -2.39. The van der Waals surface area contributed by atoms with Gasteiger partial charge in [-0.05, 0) is 30.0 Å². The number of carbonyl (C=O) groups is 1. The van der Waals surface area contributed by atoms with E-state index in [0.29, 0.717) is 0 Å². The molecule has 0 aliphatic carbocycles. The Morgan fingerprint density at radius 2 is 2.00 bits per heavy atom. The van der Waals surface area contributed by atoms with Gasteiger partial charge in [0.1, 0.15) is 5.75 Å². The molecule has 1 aromatic carbocycles. The van der Waals surface area contributed by atoms with E-state index in [1.54, 1.807) is 12.1 Å². The lowest BCUT2D eigenvalue weighted by molar-refractivity contribution is 0.0586. The average molecular weight is 251 g/mol. The summed E-state index contributed by atoms with van der Waals surface area (Å²) in [5.74, 6) is -0.423. The van der Waals surface area contributed by atoms with Crippen LogP contribution in [0.1, 0.15) is 36.7 Å². The van der Waals surface area contributed by atoms with Crippen molar-refractivity contribution in [2.75, 3.05) is 6.54 Å². The number of carbonyl (C=O) groups excluding carboxylic acids is 1. The highest BCUT2D eigenvalue weighted by Gasteiger charge is 2.23. The molecule has 100 valence electrons. The summed E-state index contributed by atoms with van der Waals surface area (Å²) in [6.45, 7) is 7.69. The Morgan fingerprint density at radius 3 is 2.50 bits per heavy atom. The number of hydrogen-bond acceptors (Lipinski definition) is 3. The molecule has 0 radical (unpaired) electrons. The van der Waals surface area contributed by atoms with Crippen LogP contribution >= 0.6 is 0 Å². The molecule has 4 nitrogen and oxygen atoms in total. The van der Waals surface area contributed by atoms with Gasteiger partial charge in [0.05, 0.1) is 11.7 Å². The first kappa shape index (κ1) is 14.5. The number of aryl methyl sites for hydroxylation is 1. The van der Waals surface area contributed by atoms with E-state index >= 15 is 0 Å². The number of benzene rings is 1. The van der Waals surface area contributed by atoms with Crippen LogP contribution in [0.3, 0.4) is 0 Å². The summed E-state index contributed by atoms with van der Waals surface area (Å²) in [7, 11) is 0. The Balaban J connectivity index is 2.66. The second-order valence-electron chi connectivity index (χ2n) is 5.61. The molecular weight excluding hydrogens is 230 g/mol. The van der Waals surface area contributed by atoms with Gasteiger partial charge in [0.15, 0.2) is 0 Å². The Labute approximate surface area is 108 Å². The summed E-state index contributed by atoms with van der Waals surface area (Å²) in [5.41, 5.74) is 0.822. The molecule has 1 aromatic rings. The standard InChI is InChI=1S/C14H21NO3/c1-9-5-6-10(11(16)7-9)13(18)15-8-12(17)14(2,3)4/h5-7,12,16-17H,8H2,1-4H3,(H,15,18). The number of aliphatic hydroxyl groups excluding tert-OH is 1. The first-order chi connectivity index (χ1) is 8.21. The molecule has 0 aliphatic heterocycles. The van der Waals surface area contributed by atoms with Crippen molar-refractivity contribution in [2.24, 2.45) is 5.41 Å². The molecule has 4 heteroatoms. The number of hydrogen-bond donors (Lipinski definition) is 3. The van der Waals surface area contributed by atoms with E-state index in [1.165, 1.54) is 6.07 Å². The third-order valence-electron chi connectivity index (χ3n) is 2.85. The predicted molar refractivity (Wildman–Crippen MR) is 70.6 cm³/mol. The predicted octanol–water partition coefficient (Wildman–Crippen LogP) is 1.84. The van der Waals surface area contributed by atoms with Gasteiger partial charge in [0.25, 0.3) is 5.91 Å². The van der Waals surface area contributed by atoms with Gasteiger partial charge in [-0.25, -0.2) is 0 Å². The van der Waals surface area contributed by atoms with Crippen molar-refractivity contribution >= 4 is 5.91 Å². The first-order valence-electron chi connectivity index (χ1n) is 5.97. The molecule has 0 saturated carbocycles. The largest absolute Gasteiger partial charge is 0.507 e. The van der Waals surface area contributed by atoms with Crippen LogP contribution in [0.5, 0.6) is 5.75 Å². The molecule has 1 unspecified atom stereocenters. The van der Waals surface area contributed by atoms with Gasteiger partial charge in [0.2, 0.25) is 0 Å². The Bertz CT molecular complexity index is 435. The molecule has 1 amide bonds. The summed E-state index contributed by atoms with van der Waals surface area (Å²) in [4.78, 5) is 11.8. The highest BCUT2D eigenvalue weighted by Crippen LogP contribution is 2.20. The second-order valence-corrected chi connectivity index (χ2v) is 5.61. The summed E-state index contributed by atoms with van der Waals surface area (Å²) in [6, 6.07) is 4.87. The van der Waals surface area contributed by atoms with Crippen molar-refractivity contribution in [3.63, 3.8) is 0 Å². The van der Waals surface area contributed by atoms with Gasteiger partial charge in [-0.15, -0.1) is 0 Å². The summed E-state index contributed by atoms with van der Waals surface area (Å²) >= 11 is 0. The number of amides is 1. The number of aliphatic hydroxyl groups is 1. The Hall–Kier alpha value is -1.55. The maximum absolute atomic E-state index is 11.8. The van der Waals surface area contributed by atoms with E-state index in [-0.39, 0.29) is 29.2 Å². The minimum Gasteiger partial charge on any atom is -0.507 e. The zero-order valence-electron chi connectivity index (χ0n) is 11.3. The fourth-order valence-corrected chi connectivity index (χ4v) is 1.42. The highest BCUT2D eigenvalue weighted by molar-refractivity contribution is 5.96. The average Bonchev–Trinajstić information content (AvgIpc) is 2.24. The van der Waals surface area contributed by atoms with Crippen LogP contribution in [-0.4, -0.2) is 28.8 Å². The molecule has 0 aliphatic rings. The Kier molecular flexibility index (Phi) is 4.35. The van der Waals surface area contributed by atoms with Crippen molar-refractivity contribution in [1.82, 2.24) is 5.32 Å². The first-order valence-corrected chi connectivity index (χ1v) is 5.97. The summed E-state index contributed by atoms with van der Waals surface area (Å²) < 4.78 is 0. The summed E-state index contributed by atoms with van der Waals surface area (Å²) in [6.07, 6.45) is -0.631. The summed E-state index contributed by atoms with van der Waals surface area (Å²) in [5, 5.41) is 22.1. The molecule has 0 fully saturated rings. The third-order valence-corrected chi connectivity index (χ3v) is 2.85. The molecule has 1 rings (SSSR count). The van der Waals surface area contributed by atoms with Gasteiger partial charge >= 0.3 is 0 Å². The minimum atomic E-state index is -0.631. The van der Waals surface area contributed by atoms with Gasteiger partial charge < -0.3 is 15.5 Å². The number of aromatic hydroxyl groups is 1. The molecule has 0 spiro atoms. The SMILES string of the molecule is Cc1ccc(C(=O)NCC(O)C(C)(C)C)c(O)c1. The molecule has 0 aromatic heterocycles. The van der Waals surface area contributed by atoms with E-state index in [4.69, 9.17) is 0 Å².